The standard InChI is InChI=1S/C21H25N3O2/c1-24(18-11-7-4-8-12-18)21(26)19-15-16(13-14-22-19)20(25)23-17-9-5-2-3-6-10-17/h4,7-8,11-15,17H,2-3,5-6,9-10H2,1H3,(H,23,25). The quantitative estimate of drug-likeness (QED) is 0.852. The molecule has 2 aromatic rings. The van der Waals surface area contributed by atoms with E-state index in [1.165, 1.54) is 23.9 Å². The second kappa shape index (κ2) is 8.61. The maximum Gasteiger partial charge on any atom is 0.276 e. The average molecular weight is 351 g/mol. The molecular weight excluding hydrogens is 326 g/mol. The molecule has 0 atom stereocenters. The van der Waals surface area contributed by atoms with Crippen LogP contribution < -0.4 is 10.2 Å². The molecule has 1 aliphatic carbocycles. The summed E-state index contributed by atoms with van der Waals surface area (Å²) in [4.78, 5) is 31.0. The number of anilines is 1. The van der Waals surface area contributed by atoms with E-state index >= 15 is 0 Å². The van der Waals surface area contributed by atoms with Gasteiger partial charge in [-0.25, -0.2) is 0 Å². The van der Waals surface area contributed by atoms with E-state index in [4.69, 9.17) is 0 Å². The van der Waals surface area contributed by atoms with E-state index in [1.807, 2.05) is 30.3 Å². The fourth-order valence-corrected chi connectivity index (χ4v) is 3.32. The van der Waals surface area contributed by atoms with Gasteiger partial charge in [-0.15, -0.1) is 0 Å². The predicted octanol–water partition coefficient (Wildman–Crippen LogP) is 3.81. The lowest BCUT2D eigenvalue weighted by Gasteiger charge is -2.18. The molecule has 1 aromatic carbocycles. The Bertz CT molecular complexity index is 753. The van der Waals surface area contributed by atoms with Crippen molar-refractivity contribution in [3.05, 3.63) is 59.9 Å². The zero-order chi connectivity index (χ0) is 18.4. The molecule has 0 radical (unpaired) electrons. The van der Waals surface area contributed by atoms with Crippen molar-refractivity contribution in [2.45, 2.75) is 44.6 Å². The Morgan fingerprint density at radius 2 is 1.73 bits per heavy atom. The lowest BCUT2D eigenvalue weighted by molar-refractivity contribution is 0.0933. The SMILES string of the molecule is CN(C(=O)c1cc(C(=O)NC2CCCCCC2)ccn1)c1ccccc1. The van der Waals surface area contributed by atoms with Crippen LogP contribution in [0.5, 0.6) is 0 Å². The van der Waals surface area contributed by atoms with Crippen LogP contribution in [0.3, 0.4) is 0 Å². The Hall–Kier alpha value is -2.69. The molecule has 0 bridgehead atoms. The second-order valence-electron chi connectivity index (χ2n) is 6.79. The van der Waals surface area contributed by atoms with Gasteiger partial charge >= 0.3 is 0 Å². The lowest BCUT2D eigenvalue weighted by atomic mass is 10.1. The van der Waals surface area contributed by atoms with Gasteiger partial charge in [0.1, 0.15) is 5.69 Å². The highest BCUT2D eigenvalue weighted by Gasteiger charge is 2.19. The first-order valence-corrected chi connectivity index (χ1v) is 9.25. The number of pyridine rings is 1. The number of nitrogens with one attached hydrogen (secondary N) is 1. The van der Waals surface area contributed by atoms with Gasteiger partial charge in [-0.05, 0) is 37.1 Å². The highest BCUT2D eigenvalue weighted by atomic mass is 16.2. The molecule has 2 amide bonds. The Morgan fingerprint density at radius 1 is 1.04 bits per heavy atom. The molecule has 1 N–H and O–H groups in total. The largest absolute Gasteiger partial charge is 0.349 e. The number of amides is 2. The fraction of sp³-hybridized carbons (Fsp3) is 0.381. The third-order valence-corrected chi connectivity index (χ3v) is 4.88. The summed E-state index contributed by atoms with van der Waals surface area (Å²) in [5.41, 5.74) is 1.53. The molecule has 1 heterocycles. The zero-order valence-electron chi connectivity index (χ0n) is 15.1. The van der Waals surface area contributed by atoms with E-state index in [9.17, 15) is 9.59 Å². The molecule has 26 heavy (non-hydrogen) atoms. The highest BCUT2D eigenvalue weighted by Crippen LogP contribution is 2.18. The van der Waals surface area contributed by atoms with Crippen molar-refractivity contribution in [2.75, 3.05) is 11.9 Å². The summed E-state index contributed by atoms with van der Waals surface area (Å²) in [6.45, 7) is 0. The van der Waals surface area contributed by atoms with Crippen LogP contribution >= 0.6 is 0 Å². The maximum absolute atomic E-state index is 12.7. The number of carbonyl (C=O) groups is 2. The smallest absolute Gasteiger partial charge is 0.276 e. The third-order valence-electron chi connectivity index (χ3n) is 4.88. The van der Waals surface area contributed by atoms with Crippen LogP contribution in [0.4, 0.5) is 5.69 Å². The summed E-state index contributed by atoms with van der Waals surface area (Å²) in [6.07, 6.45) is 8.38. The van der Waals surface area contributed by atoms with Crippen LogP contribution in [-0.4, -0.2) is 29.9 Å². The number of hydrogen-bond donors (Lipinski definition) is 1. The number of hydrogen-bond acceptors (Lipinski definition) is 3. The monoisotopic (exact) mass is 351 g/mol. The summed E-state index contributed by atoms with van der Waals surface area (Å²) >= 11 is 0. The zero-order valence-corrected chi connectivity index (χ0v) is 15.1. The Balaban J connectivity index is 1.71. The fourth-order valence-electron chi connectivity index (χ4n) is 3.32. The minimum absolute atomic E-state index is 0.129. The third kappa shape index (κ3) is 4.48. The molecule has 5 heteroatoms. The lowest BCUT2D eigenvalue weighted by Crippen LogP contribution is -2.34. The van der Waals surface area contributed by atoms with Crippen molar-refractivity contribution in [3.8, 4) is 0 Å². The van der Waals surface area contributed by atoms with Crippen LogP contribution in [0.15, 0.2) is 48.7 Å². The van der Waals surface area contributed by atoms with Crippen LogP contribution in [-0.2, 0) is 0 Å². The molecule has 5 nitrogen and oxygen atoms in total. The van der Waals surface area contributed by atoms with E-state index in [0.29, 0.717) is 5.56 Å². The number of aromatic nitrogens is 1. The van der Waals surface area contributed by atoms with Crippen LogP contribution in [0.25, 0.3) is 0 Å². The molecule has 0 aliphatic heterocycles. The van der Waals surface area contributed by atoms with Gasteiger partial charge in [-0.1, -0.05) is 43.9 Å². The maximum atomic E-state index is 12.7. The van der Waals surface area contributed by atoms with Gasteiger partial charge < -0.3 is 10.2 Å². The molecular formula is C21H25N3O2. The van der Waals surface area contributed by atoms with Gasteiger partial charge in [-0.3, -0.25) is 14.6 Å². The Kier molecular flexibility index (Phi) is 6.00. The minimum atomic E-state index is -0.236. The summed E-state index contributed by atoms with van der Waals surface area (Å²) in [5, 5.41) is 3.11. The molecule has 1 aliphatic rings. The number of para-hydroxylation sites is 1. The molecule has 136 valence electrons. The first-order chi connectivity index (χ1) is 12.6. The van der Waals surface area contributed by atoms with Gasteiger partial charge in [-0.2, -0.15) is 0 Å². The first-order valence-electron chi connectivity index (χ1n) is 9.25. The Morgan fingerprint density at radius 3 is 2.42 bits per heavy atom. The van der Waals surface area contributed by atoms with Crippen molar-refractivity contribution in [1.82, 2.24) is 10.3 Å². The van der Waals surface area contributed by atoms with Gasteiger partial charge in [0.15, 0.2) is 0 Å². The van der Waals surface area contributed by atoms with Gasteiger partial charge in [0.2, 0.25) is 0 Å². The van der Waals surface area contributed by atoms with Gasteiger partial charge in [0.25, 0.3) is 11.8 Å². The number of nitrogens with zero attached hydrogens (tertiary/aromatic N) is 2. The second-order valence-corrected chi connectivity index (χ2v) is 6.79. The molecule has 3 rings (SSSR count). The van der Waals surface area contributed by atoms with E-state index in [2.05, 4.69) is 10.3 Å². The van der Waals surface area contributed by atoms with Crippen LogP contribution in [0.2, 0.25) is 0 Å². The van der Waals surface area contributed by atoms with E-state index in [-0.39, 0.29) is 23.6 Å². The topological polar surface area (TPSA) is 62.3 Å². The van der Waals surface area contributed by atoms with Crippen molar-refractivity contribution in [3.63, 3.8) is 0 Å². The van der Waals surface area contributed by atoms with Crippen molar-refractivity contribution in [2.24, 2.45) is 0 Å². The predicted molar refractivity (Wildman–Crippen MR) is 102 cm³/mol. The van der Waals surface area contributed by atoms with Crippen molar-refractivity contribution >= 4 is 17.5 Å². The van der Waals surface area contributed by atoms with Crippen molar-refractivity contribution < 1.29 is 9.59 Å². The van der Waals surface area contributed by atoms with Crippen molar-refractivity contribution in [1.29, 1.82) is 0 Å². The van der Waals surface area contributed by atoms with Crippen LogP contribution in [0.1, 0.15) is 59.4 Å². The average Bonchev–Trinajstić information content (AvgIpc) is 2.96. The highest BCUT2D eigenvalue weighted by molar-refractivity contribution is 6.06. The van der Waals surface area contributed by atoms with Gasteiger partial charge in [0.05, 0.1) is 0 Å². The van der Waals surface area contributed by atoms with E-state index in [0.717, 1.165) is 31.4 Å². The Labute approximate surface area is 154 Å². The normalized spacial score (nSPS) is 15.1. The summed E-state index contributed by atoms with van der Waals surface area (Å²) in [7, 11) is 1.71. The van der Waals surface area contributed by atoms with E-state index in [1.54, 1.807) is 19.2 Å². The van der Waals surface area contributed by atoms with E-state index < -0.39 is 0 Å². The number of benzene rings is 1. The number of rotatable bonds is 4. The van der Waals surface area contributed by atoms with Gasteiger partial charge in [0, 0.05) is 30.5 Å². The molecule has 0 saturated heterocycles. The first kappa shape index (κ1) is 18.1. The summed E-state index contributed by atoms with van der Waals surface area (Å²) < 4.78 is 0. The van der Waals surface area contributed by atoms with Crippen LogP contribution in [0, 0.1) is 0 Å². The molecule has 1 saturated carbocycles. The molecule has 1 aromatic heterocycles. The molecule has 1 fully saturated rings. The number of carbonyl (C=O) groups excluding carboxylic acids is 2. The summed E-state index contributed by atoms with van der Waals surface area (Å²) in [6, 6.07) is 12.8. The molecule has 0 spiro atoms. The minimum Gasteiger partial charge on any atom is -0.349 e. The summed E-state index contributed by atoms with van der Waals surface area (Å²) in [5.74, 6) is -0.365. The molecule has 0 unspecified atom stereocenters.